The Morgan fingerprint density at radius 3 is 2.47 bits per heavy atom. The van der Waals surface area contributed by atoms with Crippen LogP contribution in [0, 0.1) is 13.8 Å². The van der Waals surface area contributed by atoms with Gasteiger partial charge >= 0.3 is 0 Å². The molecule has 5 nitrogen and oxygen atoms in total. The number of aromatic amines is 1. The van der Waals surface area contributed by atoms with Gasteiger partial charge in [-0.2, -0.15) is 5.10 Å². The Kier molecular flexibility index (Phi) is 3.83. The molecule has 0 saturated heterocycles. The summed E-state index contributed by atoms with van der Waals surface area (Å²) in [7, 11) is 0. The average Bonchev–Trinajstić information content (AvgIpc) is 2.69. The molecule has 0 spiro atoms. The average molecular weight is 259 g/mol. The van der Waals surface area contributed by atoms with Crippen molar-refractivity contribution in [1.82, 2.24) is 20.2 Å². The van der Waals surface area contributed by atoms with Crippen molar-refractivity contribution in [1.29, 1.82) is 0 Å². The van der Waals surface area contributed by atoms with Gasteiger partial charge in [0.2, 0.25) is 0 Å². The van der Waals surface area contributed by atoms with Crippen molar-refractivity contribution in [3.05, 3.63) is 35.0 Å². The molecule has 0 fully saturated rings. The number of nitrogens with zero attached hydrogens (tertiary/aromatic N) is 3. The van der Waals surface area contributed by atoms with E-state index in [-0.39, 0.29) is 6.04 Å². The zero-order valence-corrected chi connectivity index (χ0v) is 12.2. The first-order valence-corrected chi connectivity index (χ1v) is 6.59. The smallest absolute Gasteiger partial charge is 0.130 e. The van der Waals surface area contributed by atoms with Crippen LogP contribution in [0.15, 0.2) is 12.4 Å². The number of rotatable bonds is 4. The molecule has 0 bridgehead atoms. The number of aromatic nitrogens is 4. The first-order valence-electron chi connectivity index (χ1n) is 6.59. The van der Waals surface area contributed by atoms with Crippen LogP contribution in [0.3, 0.4) is 0 Å². The van der Waals surface area contributed by atoms with E-state index in [1.54, 1.807) is 6.33 Å². The summed E-state index contributed by atoms with van der Waals surface area (Å²) < 4.78 is 0. The van der Waals surface area contributed by atoms with Crippen LogP contribution < -0.4 is 5.32 Å². The van der Waals surface area contributed by atoms with Crippen LogP contribution in [0.1, 0.15) is 55.4 Å². The maximum absolute atomic E-state index is 4.28. The molecule has 0 aliphatic carbocycles. The summed E-state index contributed by atoms with van der Waals surface area (Å²) in [4.78, 5) is 8.55. The normalized spacial score (nSPS) is 12.7. The lowest BCUT2D eigenvalue weighted by Crippen LogP contribution is -2.10. The highest BCUT2D eigenvalue weighted by Crippen LogP contribution is 2.23. The molecular formula is C14H21N5. The second kappa shape index (κ2) is 5.38. The van der Waals surface area contributed by atoms with E-state index in [9.17, 15) is 0 Å². The van der Waals surface area contributed by atoms with Crippen molar-refractivity contribution < 1.29 is 0 Å². The fraction of sp³-hybridized carbons (Fsp3) is 0.500. The zero-order valence-electron chi connectivity index (χ0n) is 12.2. The van der Waals surface area contributed by atoms with Crippen LogP contribution in [0.2, 0.25) is 0 Å². The summed E-state index contributed by atoms with van der Waals surface area (Å²) in [6.45, 7) is 10.4. The van der Waals surface area contributed by atoms with Crippen LogP contribution in [0.4, 0.5) is 5.82 Å². The first kappa shape index (κ1) is 13.5. The summed E-state index contributed by atoms with van der Waals surface area (Å²) in [5.41, 5.74) is 4.36. The third-order valence-corrected chi connectivity index (χ3v) is 3.26. The Balaban J connectivity index is 2.19. The summed E-state index contributed by atoms with van der Waals surface area (Å²) in [6.07, 6.45) is 1.61. The maximum atomic E-state index is 4.28. The molecule has 2 aromatic rings. The highest BCUT2D eigenvalue weighted by atomic mass is 15.1. The molecule has 0 saturated carbocycles. The van der Waals surface area contributed by atoms with Gasteiger partial charge in [0, 0.05) is 23.0 Å². The lowest BCUT2D eigenvalue weighted by atomic mass is 10.1. The Morgan fingerprint density at radius 1 is 1.16 bits per heavy atom. The quantitative estimate of drug-likeness (QED) is 0.885. The Bertz CT molecular complexity index is 539. The van der Waals surface area contributed by atoms with E-state index >= 15 is 0 Å². The van der Waals surface area contributed by atoms with Crippen molar-refractivity contribution in [2.75, 3.05) is 5.32 Å². The van der Waals surface area contributed by atoms with E-state index < -0.39 is 0 Å². The third kappa shape index (κ3) is 2.92. The SMILES string of the molecule is Cc1n[nH]c(C)c1[C@H](C)Nc1cc(C(C)C)ncn1. The van der Waals surface area contributed by atoms with Gasteiger partial charge in [-0.15, -0.1) is 0 Å². The van der Waals surface area contributed by atoms with Crippen LogP contribution in [0.25, 0.3) is 0 Å². The lowest BCUT2D eigenvalue weighted by Gasteiger charge is -2.16. The van der Waals surface area contributed by atoms with Crippen molar-refractivity contribution in [2.45, 2.75) is 46.6 Å². The molecule has 0 unspecified atom stereocenters. The predicted molar refractivity (Wildman–Crippen MR) is 76.2 cm³/mol. The number of aryl methyl sites for hydroxylation is 2. The highest BCUT2D eigenvalue weighted by Gasteiger charge is 2.15. The highest BCUT2D eigenvalue weighted by molar-refractivity contribution is 5.41. The monoisotopic (exact) mass is 259 g/mol. The maximum Gasteiger partial charge on any atom is 0.130 e. The van der Waals surface area contributed by atoms with E-state index in [2.05, 4.69) is 46.3 Å². The van der Waals surface area contributed by atoms with Crippen molar-refractivity contribution in [3.8, 4) is 0 Å². The van der Waals surface area contributed by atoms with Crippen LogP contribution in [-0.4, -0.2) is 20.2 Å². The second-order valence-electron chi connectivity index (χ2n) is 5.20. The molecule has 0 aliphatic rings. The number of anilines is 1. The fourth-order valence-electron chi connectivity index (χ4n) is 2.26. The molecule has 2 N–H and O–H groups in total. The molecule has 0 aromatic carbocycles. The Morgan fingerprint density at radius 2 is 1.89 bits per heavy atom. The molecule has 5 heteroatoms. The molecule has 2 heterocycles. The molecule has 19 heavy (non-hydrogen) atoms. The minimum atomic E-state index is 0.161. The summed E-state index contributed by atoms with van der Waals surface area (Å²) in [6, 6.07) is 2.17. The topological polar surface area (TPSA) is 66.5 Å². The summed E-state index contributed by atoms with van der Waals surface area (Å²) >= 11 is 0. The van der Waals surface area contributed by atoms with E-state index in [4.69, 9.17) is 0 Å². The van der Waals surface area contributed by atoms with E-state index in [1.165, 1.54) is 5.56 Å². The van der Waals surface area contributed by atoms with Gasteiger partial charge < -0.3 is 5.32 Å². The van der Waals surface area contributed by atoms with Crippen molar-refractivity contribution in [2.24, 2.45) is 0 Å². The van der Waals surface area contributed by atoms with E-state index in [0.717, 1.165) is 22.9 Å². The number of nitrogens with one attached hydrogen (secondary N) is 2. The Labute approximate surface area is 113 Å². The minimum Gasteiger partial charge on any atom is -0.363 e. The zero-order chi connectivity index (χ0) is 14.0. The third-order valence-electron chi connectivity index (χ3n) is 3.26. The molecule has 2 aromatic heterocycles. The second-order valence-corrected chi connectivity index (χ2v) is 5.20. The fourth-order valence-corrected chi connectivity index (χ4v) is 2.26. The van der Waals surface area contributed by atoms with E-state index in [1.807, 2.05) is 19.9 Å². The Hall–Kier alpha value is -1.91. The molecule has 1 atom stereocenters. The number of hydrogen-bond donors (Lipinski definition) is 2. The molecular weight excluding hydrogens is 238 g/mol. The van der Waals surface area contributed by atoms with Crippen LogP contribution in [-0.2, 0) is 0 Å². The first-order chi connectivity index (χ1) is 8.99. The molecule has 0 radical (unpaired) electrons. The molecule has 2 rings (SSSR count). The molecule has 0 amide bonds. The molecule has 102 valence electrons. The number of hydrogen-bond acceptors (Lipinski definition) is 4. The summed E-state index contributed by atoms with van der Waals surface area (Å²) in [5, 5.41) is 10.6. The van der Waals surface area contributed by atoms with Gasteiger partial charge in [-0.05, 0) is 26.7 Å². The lowest BCUT2D eigenvalue weighted by molar-refractivity contribution is 0.805. The predicted octanol–water partition coefficient (Wildman–Crippen LogP) is 3.11. The van der Waals surface area contributed by atoms with E-state index in [0.29, 0.717) is 5.92 Å². The van der Waals surface area contributed by atoms with Gasteiger partial charge in [-0.1, -0.05) is 13.8 Å². The van der Waals surface area contributed by atoms with Gasteiger partial charge in [0.15, 0.2) is 0 Å². The van der Waals surface area contributed by atoms with Crippen molar-refractivity contribution >= 4 is 5.82 Å². The van der Waals surface area contributed by atoms with Crippen molar-refractivity contribution in [3.63, 3.8) is 0 Å². The van der Waals surface area contributed by atoms with Gasteiger partial charge in [-0.3, -0.25) is 5.10 Å². The van der Waals surface area contributed by atoms with Gasteiger partial charge in [0.05, 0.1) is 11.7 Å². The number of H-pyrrole nitrogens is 1. The van der Waals surface area contributed by atoms with Gasteiger partial charge in [0.25, 0.3) is 0 Å². The van der Waals surface area contributed by atoms with Crippen LogP contribution >= 0.6 is 0 Å². The molecule has 0 aliphatic heterocycles. The summed E-state index contributed by atoms with van der Waals surface area (Å²) in [5.74, 6) is 1.25. The van der Waals surface area contributed by atoms with Gasteiger partial charge in [-0.25, -0.2) is 9.97 Å². The van der Waals surface area contributed by atoms with Crippen LogP contribution in [0.5, 0.6) is 0 Å². The van der Waals surface area contributed by atoms with Gasteiger partial charge in [0.1, 0.15) is 12.1 Å². The standard InChI is InChI=1S/C14H21N5/c1-8(2)12-6-13(16-7-15-12)17-9(3)14-10(4)18-19-11(14)5/h6-9H,1-5H3,(H,18,19)(H,15,16,17)/t9-/m0/s1. The largest absolute Gasteiger partial charge is 0.363 e. The minimum absolute atomic E-state index is 0.161.